The number of carbonyl (C=O) groups is 1. The lowest BCUT2D eigenvalue weighted by Gasteiger charge is -2.37. The molecule has 0 unspecified atom stereocenters. The Labute approximate surface area is 176 Å². The molecule has 1 aliphatic heterocycles. The van der Waals surface area contributed by atoms with Crippen LogP contribution in [-0.2, 0) is 6.42 Å². The number of rotatable bonds is 5. The molecule has 1 amide bonds. The molecule has 1 aromatic heterocycles. The first-order valence-corrected chi connectivity index (χ1v) is 10.0. The Balaban J connectivity index is 1.74. The molecule has 1 aliphatic rings. The van der Waals surface area contributed by atoms with Gasteiger partial charge >= 0.3 is 0 Å². The van der Waals surface area contributed by atoms with Gasteiger partial charge in [0.05, 0.1) is 22.7 Å². The third-order valence-corrected chi connectivity index (χ3v) is 5.53. The fourth-order valence-corrected chi connectivity index (χ4v) is 3.77. The quantitative estimate of drug-likeness (QED) is 0.681. The first-order chi connectivity index (χ1) is 14.5. The van der Waals surface area contributed by atoms with E-state index >= 15 is 0 Å². The molecule has 2 aromatic rings. The van der Waals surface area contributed by atoms with Crippen LogP contribution in [0.5, 0.6) is 0 Å². The van der Waals surface area contributed by atoms with Gasteiger partial charge in [-0.3, -0.25) is 14.8 Å². The first-order valence-electron chi connectivity index (χ1n) is 10.0. The zero-order valence-corrected chi connectivity index (χ0v) is 17.3. The third kappa shape index (κ3) is 4.80. The smallest absolute Gasteiger partial charge is 0.256 e. The number of allylic oxidation sites excluding steroid dienone is 1. The van der Waals surface area contributed by atoms with Gasteiger partial charge in [-0.1, -0.05) is 12.1 Å². The second-order valence-corrected chi connectivity index (χ2v) is 7.61. The summed E-state index contributed by atoms with van der Waals surface area (Å²) in [6.45, 7) is 4.71. The molecular weight excluding hydrogens is 379 g/mol. The van der Waals surface area contributed by atoms with Crippen molar-refractivity contribution in [2.24, 2.45) is 10.4 Å². The van der Waals surface area contributed by atoms with Crippen molar-refractivity contribution in [3.8, 4) is 6.07 Å². The monoisotopic (exact) mass is 404 g/mol. The second-order valence-electron chi connectivity index (χ2n) is 7.61. The van der Waals surface area contributed by atoms with Crippen molar-refractivity contribution in [3.63, 3.8) is 0 Å². The molecule has 0 atom stereocenters. The van der Waals surface area contributed by atoms with Crippen LogP contribution in [0.2, 0.25) is 0 Å². The maximum Gasteiger partial charge on any atom is 0.256 e. The van der Waals surface area contributed by atoms with E-state index in [4.69, 9.17) is 0 Å². The molecule has 0 radical (unpaired) electrons. The zero-order valence-electron chi connectivity index (χ0n) is 17.3. The van der Waals surface area contributed by atoms with E-state index < -0.39 is 5.41 Å². The van der Waals surface area contributed by atoms with Crippen molar-refractivity contribution in [2.75, 3.05) is 13.1 Å². The van der Waals surface area contributed by atoms with Gasteiger partial charge in [-0.25, -0.2) is 4.39 Å². The minimum absolute atomic E-state index is 0.0837. The van der Waals surface area contributed by atoms with E-state index in [1.807, 2.05) is 13.8 Å². The van der Waals surface area contributed by atoms with Crippen LogP contribution in [0.4, 0.5) is 4.39 Å². The topological polar surface area (TPSA) is 69.3 Å². The zero-order chi connectivity index (χ0) is 21.6. The minimum atomic E-state index is -0.544. The van der Waals surface area contributed by atoms with Crippen LogP contribution in [-0.4, -0.2) is 35.1 Å². The van der Waals surface area contributed by atoms with Gasteiger partial charge in [-0.2, -0.15) is 5.26 Å². The fourth-order valence-electron chi connectivity index (χ4n) is 3.77. The number of nitrogens with zero attached hydrogens (tertiary/aromatic N) is 4. The van der Waals surface area contributed by atoms with E-state index in [2.05, 4.69) is 16.0 Å². The number of nitriles is 1. The molecule has 0 aliphatic carbocycles. The van der Waals surface area contributed by atoms with Gasteiger partial charge in [-0.15, -0.1) is 0 Å². The normalized spacial score (nSPS) is 16.5. The predicted octanol–water partition coefficient (Wildman–Crippen LogP) is 4.66. The van der Waals surface area contributed by atoms with Crippen LogP contribution in [0.25, 0.3) is 5.57 Å². The molecule has 0 spiro atoms. The van der Waals surface area contributed by atoms with Crippen LogP contribution in [0.1, 0.15) is 48.3 Å². The highest BCUT2D eigenvalue weighted by molar-refractivity contribution is 5.98. The summed E-state index contributed by atoms with van der Waals surface area (Å²) in [5.41, 5.74) is 2.37. The maximum atomic E-state index is 13.2. The number of hydrogen-bond donors (Lipinski definition) is 0. The lowest BCUT2D eigenvalue weighted by atomic mass is 9.75. The van der Waals surface area contributed by atoms with Gasteiger partial charge in [0.25, 0.3) is 5.91 Å². The molecule has 1 aromatic carbocycles. The summed E-state index contributed by atoms with van der Waals surface area (Å²) >= 11 is 0. The van der Waals surface area contributed by atoms with E-state index in [0.717, 1.165) is 11.1 Å². The van der Waals surface area contributed by atoms with E-state index in [1.54, 1.807) is 47.8 Å². The summed E-state index contributed by atoms with van der Waals surface area (Å²) in [6.07, 6.45) is 6.76. The lowest BCUT2D eigenvalue weighted by molar-refractivity contribution is 0.0646. The Bertz CT molecular complexity index is 997. The molecule has 6 heteroatoms. The molecule has 0 saturated carbocycles. The van der Waals surface area contributed by atoms with Crippen LogP contribution in [0, 0.1) is 22.6 Å². The predicted molar refractivity (Wildman–Crippen MR) is 115 cm³/mol. The number of hydrogen-bond acceptors (Lipinski definition) is 4. The maximum absolute atomic E-state index is 13.2. The van der Waals surface area contributed by atoms with Gasteiger partial charge in [0, 0.05) is 31.7 Å². The number of aliphatic imine (C=N–C) groups is 1. The summed E-state index contributed by atoms with van der Waals surface area (Å²) < 4.78 is 13.2. The number of piperidine rings is 1. The Morgan fingerprint density at radius 2 is 2.00 bits per heavy atom. The molecule has 2 heterocycles. The summed E-state index contributed by atoms with van der Waals surface area (Å²) in [5.74, 6) is -0.369. The van der Waals surface area contributed by atoms with Crippen LogP contribution < -0.4 is 0 Å². The fraction of sp³-hybridized carbons (Fsp3) is 0.333. The number of carbonyl (C=O) groups excluding carboxylic acids is 1. The van der Waals surface area contributed by atoms with E-state index in [1.165, 1.54) is 12.1 Å². The molecule has 0 N–H and O–H groups in total. The van der Waals surface area contributed by atoms with Crippen molar-refractivity contribution < 1.29 is 9.18 Å². The minimum Gasteiger partial charge on any atom is -0.338 e. The van der Waals surface area contributed by atoms with Crippen LogP contribution >= 0.6 is 0 Å². The van der Waals surface area contributed by atoms with E-state index in [0.29, 0.717) is 43.6 Å². The SMILES string of the molecule is CC=N/C=C(\C)c1ncccc1C(=O)N1CCC(C#N)(Cc2ccc(F)cc2)CC1. The lowest BCUT2D eigenvalue weighted by Crippen LogP contribution is -2.43. The summed E-state index contributed by atoms with van der Waals surface area (Å²) in [4.78, 5) is 23.5. The largest absolute Gasteiger partial charge is 0.338 e. The molecule has 5 nitrogen and oxygen atoms in total. The summed E-state index contributed by atoms with van der Waals surface area (Å²) in [5, 5.41) is 9.84. The average molecular weight is 404 g/mol. The number of halogens is 1. The molecule has 1 fully saturated rings. The van der Waals surface area contributed by atoms with Gasteiger partial charge in [-0.05, 0) is 68.5 Å². The van der Waals surface area contributed by atoms with E-state index in [-0.39, 0.29) is 11.7 Å². The van der Waals surface area contributed by atoms with Gasteiger partial charge in [0.1, 0.15) is 5.82 Å². The van der Waals surface area contributed by atoms with Crippen LogP contribution in [0.3, 0.4) is 0 Å². The van der Waals surface area contributed by atoms with Gasteiger partial charge in [0.15, 0.2) is 0 Å². The number of likely N-dealkylation sites (tertiary alicyclic amines) is 1. The van der Waals surface area contributed by atoms with E-state index in [9.17, 15) is 14.4 Å². The molecule has 3 rings (SSSR count). The highest BCUT2D eigenvalue weighted by Crippen LogP contribution is 2.35. The number of pyridine rings is 1. The van der Waals surface area contributed by atoms with Crippen molar-refractivity contribution in [1.82, 2.24) is 9.88 Å². The average Bonchev–Trinajstić information content (AvgIpc) is 2.79. The second kappa shape index (κ2) is 9.45. The molecule has 30 heavy (non-hydrogen) atoms. The van der Waals surface area contributed by atoms with Crippen molar-refractivity contribution in [2.45, 2.75) is 33.1 Å². The Morgan fingerprint density at radius 1 is 1.30 bits per heavy atom. The number of aromatic nitrogens is 1. The summed E-state index contributed by atoms with van der Waals surface area (Å²) in [7, 11) is 0. The first kappa shape index (κ1) is 21.4. The Morgan fingerprint density at radius 3 is 2.63 bits per heavy atom. The Hall–Kier alpha value is -3.33. The van der Waals surface area contributed by atoms with Crippen molar-refractivity contribution in [1.29, 1.82) is 5.26 Å². The highest BCUT2D eigenvalue weighted by Gasteiger charge is 2.37. The van der Waals surface area contributed by atoms with Crippen molar-refractivity contribution in [3.05, 3.63) is 71.4 Å². The van der Waals surface area contributed by atoms with Crippen molar-refractivity contribution >= 4 is 17.7 Å². The van der Waals surface area contributed by atoms with Gasteiger partial charge < -0.3 is 4.90 Å². The standard InChI is InChI=1S/C24H25FN4O/c1-3-27-16-18(2)22-21(5-4-12-28-22)23(30)29-13-10-24(17-26,11-14-29)15-19-6-8-20(25)9-7-19/h3-9,12,16H,10-11,13-15H2,1-2H3/b18-16+,27-3?. The molecular formula is C24H25FN4O. The van der Waals surface area contributed by atoms with Gasteiger partial charge in [0.2, 0.25) is 0 Å². The Kier molecular flexibility index (Phi) is 6.73. The molecule has 0 bridgehead atoms. The number of amides is 1. The summed E-state index contributed by atoms with van der Waals surface area (Å²) in [6, 6.07) is 12.3. The number of benzene rings is 1. The van der Waals surface area contributed by atoms with Crippen LogP contribution in [0.15, 0.2) is 53.8 Å². The third-order valence-electron chi connectivity index (χ3n) is 5.53. The molecule has 1 saturated heterocycles. The highest BCUT2D eigenvalue weighted by atomic mass is 19.1. The molecule has 154 valence electrons.